The van der Waals surface area contributed by atoms with Crippen LogP contribution in [0.4, 0.5) is 11.4 Å². The van der Waals surface area contributed by atoms with Gasteiger partial charge in [0.05, 0.1) is 23.5 Å². The van der Waals surface area contributed by atoms with Crippen molar-refractivity contribution in [2.45, 2.75) is 6.42 Å². The van der Waals surface area contributed by atoms with E-state index in [2.05, 4.69) is 0 Å². The third-order valence-electron chi connectivity index (χ3n) is 2.20. The second-order valence-electron chi connectivity index (χ2n) is 3.17. The molecule has 2 N–H and O–H groups in total. The summed E-state index contributed by atoms with van der Waals surface area (Å²) in [5.74, 6) is 0. The Labute approximate surface area is 82.4 Å². The predicted octanol–water partition coefficient (Wildman–Crippen LogP) is 1.28. The molecular formula is C10H11N3O. The summed E-state index contributed by atoms with van der Waals surface area (Å²) in [4.78, 5) is 5.36. The fourth-order valence-electron chi connectivity index (χ4n) is 1.46. The molecule has 0 spiro atoms. The van der Waals surface area contributed by atoms with Gasteiger partial charge in [0.1, 0.15) is 6.07 Å². The summed E-state index contributed by atoms with van der Waals surface area (Å²) in [6, 6.07) is 7.36. The molecule has 1 aliphatic heterocycles. The summed E-state index contributed by atoms with van der Waals surface area (Å²) in [5.41, 5.74) is 7.62. The molecular weight excluding hydrogens is 178 g/mol. The van der Waals surface area contributed by atoms with E-state index >= 15 is 0 Å². The van der Waals surface area contributed by atoms with Crippen LogP contribution in [-0.2, 0) is 4.84 Å². The number of anilines is 2. The molecule has 0 saturated carbocycles. The standard InChI is InChI=1S/C10H11N3O/c11-7-8-2-3-9(6-10(8)12)13-4-1-5-14-13/h2-3,6H,1,4-5,12H2. The Hall–Kier alpha value is -1.73. The van der Waals surface area contributed by atoms with Crippen LogP contribution in [0.5, 0.6) is 0 Å². The lowest BCUT2D eigenvalue weighted by atomic mass is 10.2. The van der Waals surface area contributed by atoms with Crippen LogP contribution >= 0.6 is 0 Å². The number of hydrogen-bond acceptors (Lipinski definition) is 4. The largest absolute Gasteiger partial charge is 0.398 e. The Kier molecular flexibility index (Phi) is 2.25. The van der Waals surface area contributed by atoms with Crippen molar-refractivity contribution >= 4 is 11.4 Å². The summed E-state index contributed by atoms with van der Waals surface area (Å²) in [6.07, 6.45) is 1.03. The maximum Gasteiger partial charge on any atom is 0.101 e. The third kappa shape index (κ3) is 1.50. The van der Waals surface area contributed by atoms with Gasteiger partial charge in [0.15, 0.2) is 0 Å². The van der Waals surface area contributed by atoms with Gasteiger partial charge in [-0.3, -0.25) is 9.90 Å². The molecule has 14 heavy (non-hydrogen) atoms. The molecule has 72 valence electrons. The third-order valence-corrected chi connectivity index (χ3v) is 2.20. The minimum absolute atomic E-state index is 0.500. The first-order valence-corrected chi connectivity index (χ1v) is 4.51. The van der Waals surface area contributed by atoms with E-state index in [1.54, 1.807) is 17.2 Å². The van der Waals surface area contributed by atoms with Crippen molar-refractivity contribution in [1.82, 2.24) is 0 Å². The molecule has 1 aliphatic rings. The molecule has 0 aliphatic carbocycles. The van der Waals surface area contributed by atoms with E-state index < -0.39 is 0 Å². The van der Waals surface area contributed by atoms with Crippen molar-refractivity contribution in [2.24, 2.45) is 0 Å². The smallest absolute Gasteiger partial charge is 0.101 e. The van der Waals surface area contributed by atoms with E-state index in [0.717, 1.165) is 25.3 Å². The highest BCUT2D eigenvalue weighted by atomic mass is 16.7. The molecule has 0 atom stereocenters. The van der Waals surface area contributed by atoms with E-state index in [4.69, 9.17) is 15.8 Å². The summed E-state index contributed by atoms with van der Waals surface area (Å²) in [5, 5.41) is 10.5. The fourth-order valence-corrected chi connectivity index (χ4v) is 1.46. The number of hydrogen-bond donors (Lipinski definition) is 1. The lowest BCUT2D eigenvalue weighted by molar-refractivity contribution is 0.168. The summed E-state index contributed by atoms with van der Waals surface area (Å²) in [6.45, 7) is 1.63. The van der Waals surface area contributed by atoms with Gasteiger partial charge in [-0.25, -0.2) is 0 Å². The summed E-state index contributed by atoms with van der Waals surface area (Å²) >= 11 is 0. The van der Waals surface area contributed by atoms with Crippen LogP contribution in [0.15, 0.2) is 18.2 Å². The molecule has 2 rings (SSSR count). The van der Waals surface area contributed by atoms with Crippen LogP contribution in [0, 0.1) is 11.3 Å². The van der Waals surface area contributed by atoms with Crippen molar-refractivity contribution in [3.05, 3.63) is 23.8 Å². The molecule has 1 aromatic rings. The zero-order chi connectivity index (χ0) is 9.97. The van der Waals surface area contributed by atoms with Crippen LogP contribution in [0.1, 0.15) is 12.0 Å². The Morgan fingerprint density at radius 1 is 1.50 bits per heavy atom. The first kappa shape index (κ1) is 8.85. The van der Waals surface area contributed by atoms with Gasteiger partial charge in [0.25, 0.3) is 0 Å². The van der Waals surface area contributed by atoms with Crippen molar-refractivity contribution in [1.29, 1.82) is 5.26 Å². The SMILES string of the molecule is N#Cc1ccc(N2CCCO2)cc1N. The molecule has 4 heteroatoms. The topological polar surface area (TPSA) is 62.3 Å². The minimum Gasteiger partial charge on any atom is -0.398 e. The minimum atomic E-state index is 0.500. The van der Waals surface area contributed by atoms with Gasteiger partial charge in [-0.05, 0) is 24.6 Å². The Bertz CT molecular complexity index is 377. The molecule has 1 heterocycles. The van der Waals surface area contributed by atoms with Crippen molar-refractivity contribution < 1.29 is 4.84 Å². The number of rotatable bonds is 1. The predicted molar refractivity (Wildman–Crippen MR) is 53.5 cm³/mol. The van der Waals surface area contributed by atoms with Crippen LogP contribution in [0.2, 0.25) is 0 Å². The summed E-state index contributed by atoms with van der Waals surface area (Å²) < 4.78 is 0. The quantitative estimate of drug-likeness (QED) is 0.676. The van der Waals surface area contributed by atoms with E-state index in [9.17, 15) is 0 Å². The lowest BCUT2D eigenvalue weighted by Gasteiger charge is -2.16. The lowest BCUT2D eigenvalue weighted by Crippen LogP contribution is -2.16. The van der Waals surface area contributed by atoms with E-state index in [-0.39, 0.29) is 0 Å². The number of hydroxylamine groups is 1. The molecule has 0 bridgehead atoms. The zero-order valence-electron chi connectivity index (χ0n) is 7.73. The average Bonchev–Trinajstić information content (AvgIpc) is 2.70. The van der Waals surface area contributed by atoms with Crippen LogP contribution in [-0.4, -0.2) is 13.2 Å². The Balaban J connectivity index is 2.28. The van der Waals surface area contributed by atoms with Crippen LogP contribution < -0.4 is 10.8 Å². The molecule has 0 aromatic heterocycles. The highest BCUT2D eigenvalue weighted by molar-refractivity contribution is 5.62. The monoisotopic (exact) mass is 189 g/mol. The first-order valence-electron chi connectivity index (χ1n) is 4.51. The van der Waals surface area contributed by atoms with E-state index in [1.165, 1.54) is 0 Å². The van der Waals surface area contributed by atoms with Crippen LogP contribution in [0.3, 0.4) is 0 Å². The normalized spacial score (nSPS) is 15.5. The van der Waals surface area contributed by atoms with Gasteiger partial charge in [-0.2, -0.15) is 5.26 Å². The van der Waals surface area contributed by atoms with Gasteiger partial charge in [-0.15, -0.1) is 0 Å². The molecule has 1 fully saturated rings. The van der Waals surface area contributed by atoms with E-state index in [0.29, 0.717) is 11.3 Å². The van der Waals surface area contributed by atoms with E-state index in [1.807, 2.05) is 12.1 Å². The number of nitrogens with two attached hydrogens (primary N) is 1. The number of nitrogens with zero attached hydrogens (tertiary/aromatic N) is 2. The molecule has 1 saturated heterocycles. The molecule has 4 nitrogen and oxygen atoms in total. The summed E-state index contributed by atoms with van der Waals surface area (Å²) in [7, 11) is 0. The van der Waals surface area contributed by atoms with Crippen molar-refractivity contribution in [3.63, 3.8) is 0 Å². The van der Waals surface area contributed by atoms with Gasteiger partial charge in [0.2, 0.25) is 0 Å². The van der Waals surface area contributed by atoms with Crippen molar-refractivity contribution in [3.8, 4) is 6.07 Å². The molecule has 0 unspecified atom stereocenters. The van der Waals surface area contributed by atoms with Gasteiger partial charge < -0.3 is 5.73 Å². The van der Waals surface area contributed by atoms with Gasteiger partial charge in [0, 0.05) is 6.54 Å². The Morgan fingerprint density at radius 2 is 2.36 bits per heavy atom. The maximum absolute atomic E-state index is 8.70. The second kappa shape index (κ2) is 3.56. The second-order valence-corrected chi connectivity index (χ2v) is 3.17. The van der Waals surface area contributed by atoms with Crippen molar-refractivity contribution in [2.75, 3.05) is 23.9 Å². The number of benzene rings is 1. The number of nitrogen functional groups attached to an aromatic ring is 1. The average molecular weight is 189 g/mol. The van der Waals surface area contributed by atoms with Gasteiger partial charge >= 0.3 is 0 Å². The highest BCUT2D eigenvalue weighted by Gasteiger charge is 2.14. The highest BCUT2D eigenvalue weighted by Crippen LogP contribution is 2.23. The molecule has 1 aromatic carbocycles. The molecule has 0 amide bonds. The molecule has 0 radical (unpaired) electrons. The number of nitriles is 1. The zero-order valence-corrected chi connectivity index (χ0v) is 7.73. The Morgan fingerprint density at radius 3 is 2.93 bits per heavy atom. The maximum atomic E-state index is 8.70. The fraction of sp³-hybridized carbons (Fsp3) is 0.300. The first-order chi connectivity index (χ1) is 6.81. The van der Waals surface area contributed by atoms with Crippen LogP contribution in [0.25, 0.3) is 0 Å². The van der Waals surface area contributed by atoms with Gasteiger partial charge in [-0.1, -0.05) is 0 Å².